The van der Waals surface area contributed by atoms with Crippen LogP contribution in [-0.2, 0) is 9.59 Å². The number of carbonyl (C=O) groups is 2. The number of ether oxygens (including phenoxy) is 4. The number of benzene rings is 2. The molecule has 8 nitrogen and oxygen atoms in total. The SMILES string of the molecule is COc1ccc(C2/C(=C(\O)c3c(OC)cccc3OC)C(=O)C(=O)N2C2CCCC2)cc1OC. The molecule has 1 aliphatic heterocycles. The molecule has 1 amide bonds. The van der Waals surface area contributed by atoms with Gasteiger partial charge in [-0.15, -0.1) is 0 Å². The Balaban J connectivity index is 1.97. The van der Waals surface area contributed by atoms with E-state index in [0.717, 1.165) is 25.7 Å². The molecule has 2 aromatic rings. The van der Waals surface area contributed by atoms with E-state index in [1.165, 1.54) is 28.4 Å². The lowest BCUT2D eigenvalue weighted by molar-refractivity contribution is -0.141. The van der Waals surface area contributed by atoms with Crippen LogP contribution in [0.25, 0.3) is 5.76 Å². The lowest BCUT2D eigenvalue weighted by Gasteiger charge is -2.31. The molecule has 1 N–H and O–H groups in total. The fourth-order valence-corrected chi connectivity index (χ4v) is 4.98. The molecule has 1 unspecified atom stereocenters. The van der Waals surface area contributed by atoms with Crippen LogP contribution in [0.3, 0.4) is 0 Å². The summed E-state index contributed by atoms with van der Waals surface area (Å²) in [6.07, 6.45) is 3.56. The average Bonchev–Trinajstić information content (AvgIpc) is 3.49. The fraction of sp³-hybridized carbons (Fsp3) is 0.385. The molecule has 1 saturated carbocycles. The van der Waals surface area contributed by atoms with Gasteiger partial charge in [-0.1, -0.05) is 25.0 Å². The van der Waals surface area contributed by atoms with E-state index < -0.39 is 17.7 Å². The monoisotopic (exact) mass is 467 g/mol. The number of aliphatic hydroxyl groups excluding tert-OH is 1. The minimum atomic E-state index is -0.794. The minimum Gasteiger partial charge on any atom is -0.506 e. The van der Waals surface area contributed by atoms with Crippen molar-refractivity contribution >= 4 is 17.4 Å². The van der Waals surface area contributed by atoms with Crippen molar-refractivity contribution in [3.63, 3.8) is 0 Å². The van der Waals surface area contributed by atoms with Gasteiger partial charge in [-0.05, 0) is 42.7 Å². The molecule has 4 rings (SSSR count). The van der Waals surface area contributed by atoms with Gasteiger partial charge in [0.2, 0.25) is 0 Å². The number of likely N-dealkylation sites (tertiary alicyclic amines) is 1. The summed E-state index contributed by atoms with van der Waals surface area (Å²) < 4.78 is 21.7. The highest BCUT2D eigenvalue weighted by atomic mass is 16.5. The maximum atomic E-state index is 13.4. The molecule has 2 fully saturated rings. The number of hydrogen-bond donors (Lipinski definition) is 1. The van der Waals surface area contributed by atoms with E-state index in [2.05, 4.69) is 0 Å². The second-order valence-corrected chi connectivity index (χ2v) is 8.30. The first-order valence-corrected chi connectivity index (χ1v) is 11.2. The highest BCUT2D eigenvalue weighted by Gasteiger charge is 2.49. The van der Waals surface area contributed by atoms with Crippen LogP contribution in [0.15, 0.2) is 42.0 Å². The number of nitrogens with zero attached hydrogens (tertiary/aromatic N) is 1. The molecule has 0 bridgehead atoms. The first kappa shape index (κ1) is 23.5. The largest absolute Gasteiger partial charge is 0.506 e. The number of Topliss-reactive ketones (excluding diaryl/α,β-unsaturated/α-hetero) is 1. The standard InChI is InChI=1S/C26H29NO7/c1-31-17-13-12-15(14-20(17)34-4)23-22(25(29)26(30)27(23)16-8-5-6-9-16)24(28)21-18(32-2)10-7-11-19(21)33-3/h7,10-14,16,23,28H,5-6,8-9H2,1-4H3/b24-22+. The van der Waals surface area contributed by atoms with Crippen LogP contribution in [0.5, 0.6) is 23.0 Å². The summed E-state index contributed by atoms with van der Waals surface area (Å²) in [6.45, 7) is 0. The van der Waals surface area contributed by atoms with Crippen molar-refractivity contribution in [1.29, 1.82) is 0 Å². The summed E-state index contributed by atoms with van der Waals surface area (Å²) in [6, 6.07) is 9.41. The smallest absolute Gasteiger partial charge is 0.295 e. The molecular weight excluding hydrogens is 438 g/mol. The third-order valence-electron chi connectivity index (χ3n) is 6.59. The van der Waals surface area contributed by atoms with Gasteiger partial charge in [-0.25, -0.2) is 0 Å². The lowest BCUT2D eigenvalue weighted by atomic mass is 9.93. The number of aliphatic hydroxyl groups is 1. The Bertz CT molecular complexity index is 1110. The molecule has 0 aromatic heterocycles. The summed E-state index contributed by atoms with van der Waals surface area (Å²) in [5.74, 6) is -0.0560. The highest BCUT2D eigenvalue weighted by Crippen LogP contribution is 2.47. The summed E-state index contributed by atoms with van der Waals surface area (Å²) >= 11 is 0. The van der Waals surface area contributed by atoms with Gasteiger partial charge in [0.1, 0.15) is 22.8 Å². The Labute approximate surface area is 198 Å². The highest BCUT2D eigenvalue weighted by molar-refractivity contribution is 6.46. The third-order valence-corrected chi connectivity index (χ3v) is 6.59. The Hall–Kier alpha value is -3.68. The van der Waals surface area contributed by atoms with E-state index in [9.17, 15) is 14.7 Å². The molecule has 2 aliphatic rings. The Morgan fingerprint density at radius 3 is 2.00 bits per heavy atom. The van der Waals surface area contributed by atoms with Gasteiger partial charge < -0.3 is 29.0 Å². The Morgan fingerprint density at radius 2 is 1.44 bits per heavy atom. The molecule has 0 radical (unpaired) electrons. The van der Waals surface area contributed by atoms with Crippen molar-refractivity contribution in [3.8, 4) is 23.0 Å². The lowest BCUT2D eigenvalue weighted by Crippen LogP contribution is -2.37. The van der Waals surface area contributed by atoms with Gasteiger partial charge in [0.25, 0.3) is 11.7 Å². The van der Waals surface area contributed by atoms with Crippen LogP contribution in [-0.4, -0.2) is 56.2 Å². The predicted octanol–water partition coefficient (Wildman–Crippen LogP) is 4.09. The number of amides is 1. The van der Waals surface area contributed by atoms with Gasteiger partial charge >= 0.3 is 0 Å². The topological polar surface area (TPSA) is 94.5 Å². The van der Waals surface area contributed by atoms with Gasteiger partial charge in [-0.3, -0.25) is 9.59 Å². The maximum absolute atomic E-state index is 13.4. The first-order chi connectivity index (χ1) is 16.5. The number of carbonyl (C=O) groups excluding carboxylic acids is 2. The average molecular weight is 468 g/mol. The second kappa shape index (κ2) is 9.67. The predicted molar refractivity (Wildman–Crippen MR) is 125 cm³/mol. The summed E-state index contributed by atoms with van der Waals surface area (Å²) in [7, 11) is 5.99. The van der Waals surface area contributed by atoms with E-state index in [1.807, 2.05) is 0 Å². The van der Waals surface area contributed by atoms with Gasteiger partial charge in [0, 0.05) is 6.04 Å². The summed E-state index contributed by atoms with van der Waals surface area (Å²) in [5.41, 5.74) is 0.855. The second-order valence-electron chi connectivity index (χ2n) is 8.30. The molecule has 34 heavy (non-hydrogen) atoms. The number of methoxy groups -OCH3 is 4. The summed E-state index contributed by atoms with van der Waals surface area (Å²) in [4.78, 5) is 28.3. The van der Waals surface area contributed by atoms with Crippen molar-refractivity contribution in [3.05, 3.63) is 53.1 Å². The van der Waals surface area contributed by atoms with Gasteiger partial charge in [0.05, 0.1) is 40.1 Å². The molecule has 1 atom stereocenters. The van der Waals surface area contributed by atoms with Crippen LogP contribution < -0.4 is 18.9 Å². The quantitative estimate of drug-likeness (QED) is 0.372. The zero-order valence-electron chi connectivity index (χ0n) is 19.8. The number of rotatable bonds is 7. The Kier molecular flexibility index (Phi) is 6.68. The molecule has 1 heterocycles. The van der Waals surface area contributed by atoms with E-state index in [0.29, 0.717) is 28.6 Å². The zero-order chi connectivity index (χ0) is 24.4. The van der Waals surface area contributed by atoms with E-state index in [4.69, 9.17) is 18.9 Å². The van der Waals surface area contributed by atoms with Crippen molar-refractivity contribution in [1.82, 2.24) is 4.90 Å². The molecule has 8 heteroatoms. The molecule has 1 aliphatic carbocycles. The molecule has 180 valence electrons. The van der Waals surface area contributed by atoms with Crippen molar-refractivity contribution in [2.24, 2.45) is 0 Å². The minimum absolute atomic E-state index is 0.00748. The van der Waals surface area contributed by atoms with E-state index in [-0.39, 0.29) is 22.9 Å². The Morgan fingerprint density at radius 1 is 0.853 bits per heavy atom. The number of ketones is 1. The van der Waals surface area contributed by atoms with Crippen molar-refractivity contribution < 1.29 is 33.6 Å². The summed E-state index contributed by atoms with van der Waals surface area (Å²) in [5, 5.41) is 11.5. The van der Waals surface area contributed by atoms with E-state index in [1.54, 1.807) is 41.3 Å². The van der Waals surface area contributed by atoms with Gasteiger partial charge in [0.15, 0.2) is 11.5 Å². The molecule has 0 spiro atoms. The van der Waals surface area contributed by atoms with Crippen LogP contribution in [0.4, 0.5) is 0 Å². The molecule has 1 saturated heterocycles. The maximum Gasteiger partial charge on any atom is 0.295 e. The van der Waals surface area contributed by atoms with Gasteiger partial charge in [-0.2, -0.15) is 0 Å². The van der Waals surface area contributed by atoms with Crippen molar-refractivity contribution in [2.45, 2.75) is 37.8 Å². The van der Waals surface area contributed by atoms with Crippen LogP contribution in [0.2, 0.25) is 0 Å². The van der Waals surface area contributed by atoms with Crippen LogP contribution in [0.1, 0.15) is 42.9 Å². The van der Waals surface area contributed by atoms with E-state index >= 15 is 0 Å². The van der Waals surface area contributed by atoms with Crippen LogP contribution in [0, 0.1) is 0 Å². The zero-order valence-corrected chi connectivity index (χ0v) is 19.8. The third kappa shape index (κ3) is 3.83. The molecular formula is C26H29NO7. The van der Waals surface area contributed by atoms with Crippen molar-refractivity contribution in [2.75, 3.05) is 28.4 Å². The first-order valence-electron chi connectivity index (χ1n) is 11.2. The molecule has 2 aromatic carbocycles. The fourth-order valence-electron chi connectivity index (χ4n) is 4.98. The number of hydrogen-bond acceptors (Lipinski definition) is 7. The van der Waals surface area contributed by atoms with Crippen LogP contribution >= 0.6 is 0 Å². The normalized spacial score (nSPS) is 20.0.